The predicted molar refractivity (Wildman–Crippen MR) is 134 cm³/mol. The number of nitrogens with two attached hydrogens (primary N) is 1. The van der Waals surface area contributed by atoms with Crippen molar-refractivity contribution in [2.45, 2.75) is 24.7 Å². The van der Waals surface area contributed by atoms with Gasteiger partial charge in [-0.25, -0.2) is 0 Å². The third-order valence-corrected chi connectivity index (χ3v) is 9.93. The van der Waals surface area contributed by atoms with E-state index in [1.807, 2.05) is 0 Å². The van der Waals surface area contributed by atoms with Crippen molar-refractivity contribution in [3.05, 3.63) is 70.7 Å². The molecule has 1 aliphatic carbocycles. The molecule has 2 spiro atoms. The maximum atomic E-state index is 14.6. The van der Waals surface area contributed by atoms with Gasteiger partial charge in [-0.1, -0.05) is 36.4 Å². The molecule has 0 aromatic heterocycles. The van der Waals surface area contributed by atoms with Gasteiger partial charge in [0.2, 0.25) is 11.8 Å². The first-order valence-electron chi connectivity index (χ1n) is 11.7. The van der Waals surface area contributed by atoms with Gasteiger partial charge in [-0.05, 0) is 37.1 Å². The van der Waals surface area contributed by atoms with Gasteiger partial charge in [0, 0.05) is 31.2 Å². The van der Waals surface area contributed by atoms with E-state index in [4.69, 9.17) is 14.8 Å². The summed E-state index contributed by atoms with van der Waals surface area (Å²) in [5, 5.41) is 10.4. The number of fused-ring (bicyclic) bond motifs is 5. The van der Waals surface area contributed by atoms with Crippen LogP contribution in [0.1, 0.15) is 25.0 Å². The maximum absolute atomic E-state index is 14.6. The molecule has 3 aliphatic rings. The van der Waals surface area contributed by atoms with Crippen LogP contribution in [0.25, 0.3) is 0 Å². The SMILES string of the molecule is CCOP(=O)(OCC)C1=C(N)[C@H](C#N)[C@@]2(C(=O)N(C)c3ccccc32)[C@@]12C(=O)N(C)c1ccccc12. The summed E-state index contributed by atoms with van der Waals surface area (Å²) in [7, 11) is -1.06. The lowest BCUT2D eigenvalue weighted by molar-refractivity contribution is -0.133. The molecule has 5 rings (SSSR count). The standard InChI is InChI=1S/C26H27N4O5P/c1-5-34-36(33,35-6-2)22-21(28)18(15-27)25(16-11-7-9-13-19(16)29(3)23(25)31)26(22)17-12-8-10-14-20(17)30(4)24(26)32/h7-14,18H,5-6,28H2,1-4H3/t18-,25-,26+/m0/s1. The van der Waals surface area contributed by atoms with Gasteiger partial charge in [0.15, 0.2) is 0 Å². The molecule has 36 heavy (non-hydrogen) atoms. The average molecular weight is 506 g/mol. The van der Waals surface area contributed by atoms with E-state index >= 15 is 0 Å². The second kappa shape index (κ2) is 8.04. The van der Waals surface area contributed by atoms with E-state index in [1.54, 1.807) is 76.5 Å². The highest BCUT2D eigenvalue weighted by Gasteiger charge is 2.81. The van der Waals surface area contributed by atoms with Gasteiger partial charge in [-0.2, -0.15) is 5.26 Å². The Morgan fingerprint density at radius 2 is 1.44 bits per heavy atom. The van der Waals surface area contributed by atoms with Crippen molar-refractivity contribution < 1.29 is 23.2 Å². The summed E-state index contributed by atoms with van der Waals surface area (Å²) in [6.07, 6.45) is 0. The van der Waals surface area contributed by atoms with Crippen molar-refractivity contribution in [3.8, 4) is 6.07 Å². The first-order valence-corrected chi connectivity index (χ1v) is 13.3. The molecule has 2 heterocycles. The largest absolute Gasteiger partial charge is 0.400 e. The fourth-order valence-electron chi connectivity index (χ4n) is 6.43. The van der Waals surface area contributed by atoms with Gasteiger partial charge < -0.3 is 24.6 Å². The number of amides is 2. The van der Waals surface area contributed by atoms with Crippen LogP contribution >= 0.6 is 7.60 Å². The number of anilines is 2. The van der Waals surface area contributed by atoms with Crippen LogP contribution in [0.5, 0.6) is 0 Å². The van der Waals surface area contributed by atoms with Crippen molar-refractivity contribution in [1.29, 1.82) is 5.26 Å². The molecule has 10 heteroatoms. The molecule has 9 nitrogen and oxygen atoms in total. The second-order valence-corrected chi connectivity index (χ2v) is 11.0. The van der Waals surface area contributed by atoms with Crippen LogP contribution in [-0.4, -0.2) is 39.1 Å². The molecule has 0 fully saturated rings. The minimum atomic E-state index is -4.26. The monoisotopic (exact) mass is 506 g/mol. The molecule has 0 radical (unpaired) electrons. The summed E-state index contributed by atoms with van der Waals surface area (Å²) < 4.78 is 26.1. The van der Waals surface area contributed by atoms with E-state index in [2.05, 4.69) is 6.07 Å². The fraction of sp³-hybridized carbons (Fsp3) is 0.346. The van der Waals surface area contributed by atoms with Crippen LogP contribution in [0.4, 0.5) is 11.4 Å². The number of carbonyl (C=O) groups is 2. The van der Waals surface area contributed by atoms with E-state index in [0.29, 0.717) is 22.5 Å². The molecule has 0 saturated carbocycles. The third kappa shape index (κ3) is 2.49. The van der Waals surface area contributed by atoms with Crippen LogP contribution in [0.2, 0.25) is 0 Å². The van der Waals surface area contributed by atoms with Gasteiger partial charge in [0.05, 0.1) is 24.6 Å². The lowest BCUT2D eigenvalue weighted by Gasteiger charge is -2.42. The molecule has 2 aromatic carbocycles. The number of likely N-dealkylation sites (N-methyl/N-ethyl adjacent to an activating group) is 2. The Bertz CT molecular complexity index is 1420. The van der Waals surface area contributed by atoms with Crippen molar-refractivity contribution in [3.63, 3.8) is 0 Å². The van der Waals surface area contributed by atoms with Crippen molar-refractivity contribution in [2.75, 3.05) is 37.1 Å². The molecular formula is C26H27N4O5P. The van der Waals surface area contributed by atoms with Gasteiger partial charge in [0.1, 0.15) is 16.7 Å². The first kappa shape index (κ1) is 24.3. The van der Waals surface area contributed by atoms with E-state index in [9.17, 15) is 19.4 Å². The van der Waals surface area contributed by atoms with Gasteiger partial charge in [-0.15, -0.1) is 0 Å². The number of hydrogen-bond acceptors (Lipinski definition) is 7. The maximum Gasteiger partial charge on any atom is 0.360 e. The number of rotatable bonds is 5. The number of hydrogen-bond donors (Lipinski definition) is 1. The summed E-state index contributed by atoms with van der Waals surface area (Å²) in [6, 6.07) is 16.2. The topological polar surface area (TPSA) is 126 Å². The number of carbonyl (C=O) groups excluding carboxylic acids is 2. The Hall–Kier alpha value is -3.44. The lowest BCUT2D eigenvalue weighted by atomic mass is 9.56. The molecule has 2 aliphatic heterocycles. The molecule has 186 valence electrons. The summed E-state index contributed by atoms with van der Waals surface area (Å²) in [4.78, 5) is 31.9. The fourth-order valence-corrected chi connectivity index (χ4v) is 8.69. The second-order valence-electron chi connectivity index (χ2n) is 9.02. The first-order chi connectivity index (χ1) is 17.2. The normalized spacial score (nSPS) is 26.8. The molecule has 2 N–H and O–H groups in total. The van der Waals surface area contributed by atoms with Crippen LogP contribution < -0.4 is 15.5 Å². The molecule has 0 bridgehead atoms. The lowest BCUT2D eigenvalue weighted by Crippen LogP contribution is -2.60. The summed E-state index contributed by atoms with van der Waals surface area (Å²) in [5.41, 5.74) is 4.85. The highest BCUT2D eigenvalue weighted by molar-refractivity contribution is 7.58. The average Bonchev–Trinajstić information content (AvgIpc) is 3.35. The zero-order valence-electron chi connectivity index (χ0n) is 20.5. The van der Waals surface area contributed by atoms with Crippen molar-refractivity contribution >= 4 is 30.8 Å². The number of nitrogens with zero attached hydrogens (tertiary/aromatic N) is 3. The van der Waals surface area contributed by atoms with E-state index < -0.39 is 36.2 Å². The highest BCUT2D eigenvalue weighted by Crippen LogP contribution is 2.76. The minimum Gasteiger partial charge on any atom is -0.400 e. The summed E-state index contributed by atoms with van der Waals surface area (Å²) in [5.74, 6) is -2.30. The summed E-state index contributed by atoms with van der Waals surface area (Å²) in [6.45, 7) is 3.32. The number of para-hydroxylation sites is 2. The van der Waals surface area contributed by atoms with Crippen molar-refractivity contribution in [1.82, 2.24) is 0 Å². The van der Waals surface area contributed by atoms with Gasteiger partial charge in [0.25, 0.3) is 0 Å². The zero-order chi connectivity index (χ0) is 26.0. The quantitative estimate of drug-likeness (QED) is 0.616. The predicted octanol–water partition coefficient (Wildman–Crippen LogP) is 3.40. The van der Waals surface area contributed by atoms with E-state index in [1.165, 1.54) is 9.80 Å². The smallest absolute Gasteiger partial charge is 0.360 e. The highest BCUT2D eigenvalue weighted by atomic mass is 31.2. The van der Waals surface area contributed by atoms with Gasteiger partial charge >= 0.3 is 7.60 Å². The molecule has 3 atom stereocenters. The van der Waals surface area contributed by atoms with Crippen molar-refractivity contribution in [2.24, 2.45) is 11.7 Å². The molecule has 0 saturated heterocycles. The Kier molecular flexibility index (Phi) is 5.42. The Labute approximate surface area is 209 Å². The summed E-state index contributed by atoms with van der Waals surface area (Å²) >= 11 is 0. The Balaban J connectivity index is 2.03. The number of benzene rings is 2. The zero-order valence-corrected chi connectivity index (χ0v) is 21.4. The number of nitriles is 1. The van der Waals surface area contributed by atoms with Crippen LogP contribution in [0.3, 0.4) is 0 Å². The molecule has 2 amide bonds. The van der Waals surface area contributed by atoms with Crippen LogP contribution in [0, 0.1) is 17.2 Å². The minimum absolute atomic E-state index is 0.00444. The molecular weight excluding hydrogens is 479 g/mol. The van der Waals surface area contributed by atoms with Crippen LogP contribution in [0.15, 0.2) is 59.5 Å². The molecule has 0 unspecified atom stereocenters. The Morgan fingerprint density at radius 3 is 2.00 bits per heavy atom. The van der Waals surface area contributed by atoms with Crippen LogP contribution in [-0.2, 0) is 34.0 Å². The number of allylic oxidation sites excluding steroid dienone is 1. The van der Waals surface area contributed by atoms with Gasteiger partial charge in [-0.3, -0.25) is 14.2 Å². The van der Waals surface area contributed by atoms with E-state index in [-0.39, 0.29) is 24.2 Å². The third-order valence-electron chi connectivity index (χ3n) is 7.59. The molecule has 2 aromatic rings. The Morgan fingerprint density at radius 1 is 0.944 bits per heavy atom. The van der Waals surface area contributed by atoms with E-state index in [0.717, 1.165) is 0 Å².